The van der Waals surface area contributed by atoms with Crippen LogP contribution in [0.15, 0.2) is 35.4 Å². The molecule has 2 aliphatic rings. The minimum Gasteiger partial charge on any atom is -0.487 e. The number of amides is 1. The number of fused-ring (bicyclic) bond motifs is 1. The topological polar surface area (TPSA) is 85.8 Å². The van der Waals surface area contributed by atoms with Gasteiger partial charge in [-0.3, -0.25) is 4.98 Å². The summed E-state index contributed by atoms with van der Waals surface area (Å²) in [7, 11) is -3.42. The second kappa shape index (κ2) is 8.23. The van der Waals surface area contributed by atoms with E-state index in [2.05, 4.69) is 4.98 Å². The molecule has 0 radical (unpaired) electrons. The Balaban J connectivity index is 1.36. The first kappa shape index (κ1) is 23.4. The predicted molar refractivity (Wildman–Crippen MR) is 116 cm³/mol. The number of rotatable bonds is 5. The van der Waals surface area contributed by atoms with Crippen molar-refractivity contribution in [1.82, 2.24) is 9.88 Å². The van der Waals surface area contributed by atoms with Crippen LogP contribution in [0.5, 0.6) is 5.75 Å². The molecule has 2 fully saturated rings. The molecule has 33 heavy (non-hydrogen) atoms. The van der Waals surface area contributed by atoms with E-state index in [1.807, 2.05) is 20.8 Å². The maximum atomic E-state index is 14.6. The van der Waals surface area contributed by atoms with Gasteiger partial charge in [0, 0.05) is 37.0 Å². The van der Waals surface area contributed by atoms with Gasteiger partial charge in [-0.05, 0) is 56.9 Å². The molecule has 1 saturated heterocycles. The summed E-state index contributed by atoms with van der Waals surface area (Å²) in [5.41, 5.74) is -0.141. The van der Waals surface area contributed by atoms with Gasteiger partial charge < -0.3 is 14.4 Å². The summed E-state index contributed by atoms with van der Waals surface area (Å²) in [5, 5.41) is 0. The Hall–Kier alpha value is -2.75. The molecule has 2 unspecified atom stereocenters. The van der Waals surface area contributed by atoms with Gasteiger partial charge in [0.05, 0.1) is 17.2 Å². The van der Waals surface area contributed by atoms with Gasteiger partial charge in [-0.2, -0.15) is 0 Å². The maximum Gasteiger partial charge on any atom is 0.410 e. The lowest BCUT2D eigenvalue weighted by molar-refractivity contribution is 0.0260. The van der Waals surface area contributed by atoms with Crippen LogP contribution >= 0.6 is 0 Å². The Morgan fingerprint density at radius 2 is 1.76 bits per heavy atom. The van der Waals surface area contributed by atoms with E-state index in [1.54, 1.807) is 4.90 Å². The summed E-state index contributed by atoms with van der Waals surface area (Å²) in [6, 6.07) is 4.95. The first-order valence-corrected chi connectivity index (χ1v) is 12.5. The highest BCUT2D eigenvalue weighted by atomic mass is 32.2. The number of carbonyl (C=O) groups is 1. The lowest BCUT2D eigenvalue weighted by Gasteiger charge is -2.25. The molecule has 10 heteroatoms. The van der Waals surface area contributed by atoms with E-state index in [9.17, 15) is 22.0 Å². The van der Waals surface area contributed by atoms with Crippen LogP contribution in [-0.4, -0.2) is 55.9 Å². The monoisotopic (exact) mass is 480 g/mol. The van der Waals surface area contributed by atoms with E-state index >= 15 is 0 Å². The van der Waals surface area contributed by atoms with E-state index in [4.69, 9.17) is 9.47 Å². The normalized spacial score (nSPS) is 22.1. The lowest BCUT2D eigenvalue weighted by Crippen LogP contribution is -2.37. The molecule has 1 aromatic heterocycles. The van der Waals surface area contributed by atoms with Crippen LogP contribution < -0.4 is 4.74 Å². The number of benzene rings is 1. The van der Waals surface area contributed by atoms with E-state index in [0.717, 1.165) is 24.6 Å². The number of pyridine rings is 1. The van der Waals surface area contributed by atoms with Gasteiger partial charge in [-0.1, -0.05) is 0 Å². The number of piperidine rings is 1. The van der Waals surface area contributed by atoms with Crippen LogP contribution in [0, 0.1) is 29.4 Å². The van der Waals surface area contributed by atoms with Crippen molar-refractivity contribution in [3.8, 4) is 17.0 Å². The van der Waals surface area contributed by atoms with Gasteiger partial charge in [0.15, 0.2) is 27.2 Å². The quantitative estimate of drug-likeness (QED) is 0.645. The summed E-state index contributed by atoms with van der Waals surface area (Å²) < 4.78 is 63.1. The third kappa shape index (κ3) is 5.10. The number of hydrogen-bond acceptors (Lipinski definition) is 6. The standard InChI is InChI=1S/C23H26F2N2O5S/c1-23(2,3)32-22(28)27-10-15-16(11-27)17(15)12-31-21-18(24)7-13(8-19(21)25)20-6-5-14(9-26-20)33(4,29)30/h5-9,15-17H,10-12H2,1-4H3/t15-,16?,17?/m0/s1. The maximum absolute atomic E-state index is 14.6. The molecule has 1 amide bonds. The van der Waals surface area contributed by atoms with Gasteiger partial charge >= 0.3 is 6.09 Å². The second-order valence-electron chi connectivity index (χ2n) is 9.61. The molecule has 1 aliphatic carbocycles. The molecular formula is C23H26F2N2O5S. The zero-order valence-corrected chi connectivity index (χ0v) is 19.7. The zero-order valence-electron chi connectivity index (χ0n) is 18.8. The molecule has 0 N–H and O–H groups in total. The van der Waals surface area contributed by atoms with Crippen molar-refractivity contribution in [2.24, 2.45) is 17.8 Å². The number of nitrogens with zero attached hydrogens (tertiary/aromatic N) is 2. The van der Waals surface area contributed by atoms with E-state index in [-0.39, 0.29) is 46.6 Å². The van der Waals surface area contributed by atoms with Crippen molar-refractivity contribution in [3.05, 3.63) is 42.1 Å². The molecule has 1 saturated carbocycles. The van der Waals surface area contributed by atoms with Crippen LogP contribution in [0.25, 0.3) is 11.3 Å². The fraction of sp³-hybridized carbons (Fsp3) is 0.478. The molecule has 1 aliphatic heterocycles. The fourth-order valence-corrected chi connectivity index (χ4v) is 4.73. The molecule has 0 bridgehead atoms. The van der Waals surface area contributed by atoms with Crippen molar-refractivity contribution in [2.45, 2.75) is 31.3 Å². The van der Waals surface area contributed by atoms with Gasteiger partial charge in [0.2, 0.25) is 0 Å². The predicted octanol–water partition coefficient (Wildman–Crippen LogP) is 3.92. The highest BCUT2D eigenvalue weighted by Crippen LogP contribution is 2.52. The molecule has 7 nitrogen and oxygen atoms in total. The fourth-order valence-electron chi connectivity index (χ4n) is 4.17. The van der Waals surface area contributed by atoms with E-state index in [1.165, 1.54) is 12.1 Å². The number of hydrogen-bond donors (Lipinski definition) is 0. The molecule has 2 heterocycles. The molecule has 0 spiro atoms. The number of ether oxygens (including phenoxy) is 2. The third-order valence-corrected chi connectivity index (χ3v) is 7.00. The van der Waals surface area contributed by atoms with Crippen LogP contribution in [0.2, 0.25) is 0 Å². The van der Waals surface area contributed by atoms with Gasteiger partial charge in [-0.25, -0.2) is 22.0 Å². The van der Waals surface area contributed by atoms with E-state index < -0.39 is 32.8 Å². The number of sulfone groups is 1. The zero-order chi connectivity index (χ0) is 24.1. The molecule has 4 rings (SSSR count). The molecular weight excluding hydrogens is 454 g/mol. The summed E-state index contributed by atoms with van der Waals surface area (Å²) >= 11 is 0. The van der Waals surface area contributed by atoms with Crippen molar-refractivity contribution in [3.63, 3.8) is 0 Å². The highest BCUT2D eigenvalue weighted by Gasteiger charge is 2.57. The minimum absolute atomic E-state index is 0.0207. The summed E-state index contributed by atoms with van der Waals surface area (Å²) in [5.74, 6) is -1.57. The highest BCUT2D eigenvalue weighted by molar-refractivity contribution is 7.90. The molecule has 3 atom stereocenters. The SMILES string of the molecule is CC(C)(C)OC(=O)N1CC2C(COc3c(F)cc(-c4ccc(S(C)(=O)=O)cn4)cc3F)[C@H]2C1. The van der Waals surface area contributed by atoms with Gasteiger partial charge in [0.1, 0.15) is 5.60 Å². The Bertz CT molecular complexity index is 1140. The average molecular weight is 481 g/mol. The van der Waals surface area contributed by atoms with E-state index in [0.29, 0.717) is 13.1 Å². The first-order valence-electron chi connectivity index (χ1n) is 10.6. The third-order valence-electron chi connectivity index (χ3n) is 5.90. The van der Waals surface area contributed by atoms with Crippen LogP contribution in [0.1, 0.15) is 20.8 Å². The average Bonchev–Trinajstić information content (AvgIpc) is 3.14. The van der Waals surface area contributed by atoms with Crippen molar-refractivity contribution >= 4 is 15.9 Å². The van der Waals surface area contributed by atoms with Crippen LogP contribution in [0.4, 0.5) is 13.6 Å². The molecule has 1 aromatic carbocycles. The van der Waals surface area contributed by atoms with Crippen molar-refractivity contribution < 1.29 is 31.5 Å². The van der Waals surface area contributed by atoms with Crippen molar-refractivity contribution in [1.29, 1.82) is 0 Å². The Kier molecular flexibility index (Phi) is 5.84. The summed E-state index contributed by atoms with van der Waals surface area (Å²) in [6.07, 6.45) is 1.86. The second-order valence-corrected chi connectivity index (χ2v) is 11.6. The lowest BCUT2D eigenvalue weighted by atomic mass is 10.1. The summed E-state index contributed by atoms with van der Waals surface area (Å²) in [6.45, 7) is 6.69. The number of halogens is 2. The molecule has 2 aromatic rings. The summed E-state index contributed by atoms with van der Waals surface area (Å²) in [4.78, 5) is 17.8. The first-order chi connectivity index (χ1) is 15.3. The number of likely N-dealkylation sites (tertiary alicyclic amines) is 1. The Morgan fingerprint density at radius 3 is 2.24 bits per heavy atom. The molecule has 178 valence electrons. The minimum atomic E-state index is -3.42. The Labute approximate surface area is 191 Å². The number of aromatic nitrogens is 1. The van der Waals surface area contributed by atoms with Gasteiger partial charge in [-0.15, -0.1) is 0 Å². The smallest absolute Gasteiger partial charge is 0.410 e. The largest absolute Gasteiger partial charge is 0.487 e. The van der Waals surface area contributed by atoms with Gasteiger partial charge in [0.25, 0.3) is 0 Å². The Morgan fingerprint density at radius 1 is 1.15 bits per heavy atom. The van der Waals surface area contributed by atoms with Crippen LogP contribution in [-0.2, 0) is 14.6 Å². The number of carbonyl (C=O) groups excluding carboxylic acids is 1. The van der Waals surface area contributed by atoms with Crippen molar-refractivity contribution in [2.75, 3.05) is 26.0 Å². The van der Waals surface area contributed by atoms with Crippen LogP contribution in [0.3, 0.4) is 0 Å².